The van der Waals surface area contributed by atoms with Gasteiger partial charge in [-0.1, -0.05) is 63.2 Å². The molecule has 1 aliphatic heterocycles. The zero-order valence-corrected chi connectivity index (χ0v) is 17.3. The lowest BCUT2D eigenvalue weighted by Crippen LogP contribution is -2.38. The third-order valence-electron chi connectivity index (χ3n) is 5.35. The molecule has 0 aromatic heterocycles. The Labute approximate surface area is 168 Å². The molecular weight excluding hydrogens is 348 g/mol. The summed E-state index contributed by atoms with van der Waals surface area (Å²) in [4.78, 5) is 14.8. The average molecular weight is 381 g/mol. The van der Waals surface area contributed by atoms with Crippen LogP contribution in [0.25, 0.3) is 0 Å². The molecule has 3 rings (SSSR count). The predicted molar refractivity (Wildman–Crippen MR) is 114 cm³/mol. The van der Waals surface area contributed by atoms with E-state index in [0.717, 1.165) is 18.8 Å². The van der Waals surface area contributed by atoms with Crippen molar-refractivity contribution in [3.8, 4) is 5.75 Å². The zero-order valence-electron chi connectivity index (χ0n) is 17.3. The molecule has 1 amide bonds. The van der Waals surface area contributed by atoms with Crippen molar-refractivity contribution in [2.75, 3.05) is 26.2 Å². The molecule has 0 aliphatic carbocycles. The first-order valence-corrected chi connectivity index (χ1v) is 10.2. The molecule has 1 atom stereocenters. The number of carbonyl (C=O) groups excluding carboxylic acids is 1. The van der Waals surface area contributed by atoms with Crippen LogP contribution in [0.2, 0.25) is 0 Å². The number of ether oxygens (including phenoxy) is 1. The molecule has 2 aromatic rings. The highest BCUT2D eigenvalue weighted by molar-refractivity contribution is 5.77. The van der Waals surface area contributed by atoms with Crippen LogP contribution < -0.4 is 10.1 Å². The second-order valence-electron chi connectivity index (χ2n) is 8.54. The van der Waals surface area contributed by atoms with Gasteiger partial charge in [0.15, 0.2) is 6.61 Å². The third-order valence-corrected chi connectivity index (χ3v) is 5.35. The number of hydrogen-bond acceptors (Lipinski definition) is 3. The van der Waals surface area contributed by atoms with Gasteiger partial charge < -0.3 is 10.1 Å². The largest absolute Gasteiger partial charge is 0.484 e. The van der Waals surface area contributed by atoms with Gasteiger partial charge in [0.1, 0.15) is 5.75 Å². The fourth-order valence-corrected chi connectivity index (χ4v) is 3.65. The van der Waals surface area contributed by atoms with Gasteiger partial charge in [0.25, 0.3) is 5.91 Å². The molecule has 1 fully saturated rings. The van der Waals surface area contributed by atoms with Crippen molar-refractivity contribution in [1.29, 1.82) is 0 Å². The Bertz CT molecular complexity index is 744. The van der Waals surface area contributed by atoms with E-state index in [1.54, 1.807) is 0 Å². The summed E-state index contributed by atoms with van der Waals surface area (Å²) in [6.45, 7) is 9.36. The minimum absolute atomic E-state index is 0.0381. The Balaban J connectivity index is 1.52. The van der Waals surface area contributed by atoms with E-state index in [4.69, 9.17) is 4.74 Å². The molecule has 28 heavy (non-hydrogen) atoms. The number of likely N-dealkylation sites (tertiary alicyclic amines) is 1. The van der Waals surface area contributed by atoms with E-state index in [0.29, 0.717) is 6.54 Å². The maximum Gasteiger partial charge on any atom is 0.258 e. The van der Waals surface area contributed by atoms with Crippen LogP contribution in [0.1, 0.15) is 50.8 Å². The van der Waals surface area contributed by atoms with Crippen LogP contribution in [0, 0.1) is 0 Å². The van der Waals surface area contributed by atoms with Crippen LogP contribution in [0.4, 0.5) is 0 Å². The third kappa shape index (κ3) is 5.59. The molecule has 0 spiro atoms. The monoisotopic (exact) mass is 380 g/mol. The molecule has 1 N–H and O–H groups in total. The molecule has 1 aliphatic rings. The van der Waals surface area contributed by atoms with Crippen molar-refractivity contribution in [3.05, 3.63) is 65.7 Å². The summed E-state index contributed by atoms with van der Waals surface area (Å²) in [6, 6.07) is 18.6. The lowest BCUT2D eigenvalue weighted by atomic mass is 9.87. The lowest BCUT2D eigenvalue weighted by molar-refractivity contribution is -0.123. The Morgan fingerprint density at radius 3 is 2.29 bits per heavy atom. The van der Waals surface area contributed by atoms with Gasteiger partial charge in [0, 0.05) is 6.54 Å². The van der Waals surface area contributed by atoms with E-state index in [2.05, 4.69) is 67.4 Å². The summed E-state index contributed by atoms with van der Waals surface area (Å²) >= 11 is 0. The Morgan fingerprint density at radius 2 is 1.68 bits per heavy atom. The van der Waals surface area contributed by atoms with Crippen molar-refractivity contribution in [3.63, 3.8) is 0 Å². The summed E-state index contributed by atoms with van der Waals surface area (Å²) in [5.74, 6) is 0.641. The molecule has 0 unspecified atom stereocenters. The molecular formula is C24H32N2O2. The summed E-state index contributed by atoms with van der Waals surface area (Å²) < 4.78 is 5.67. The topological polar surface area (TPSA) is 41.6 Å². The normalized spacial score (nSPS) is 16.0. The second kappa shape index (κ2) is 9.24. The van der Waals surface area contributed by atoms with Crippen molar-refractivity contribution >= 4 is 5.91 Å². The van der Waals surface area contributed by atoms with Gasteiger partial charge >= 0.3 is 0 Å². The molecule has 1 saturated heterocycles. The number of hydrogen-bond donors (Lipinski definition) is 1. The summed E-state index contributed by atoms with van der Waals surface area (Å²) in [7, 11) is 0. The summed E-state index contributed by atoms with van der Waals surface area (Å²) in [6.07, 6.45) is 2.45. The summed E-state index contributed by atoms with van der Waals surface area (Å²) in [5.41, 5.74) is 2.61. The lowest BCUT2D eigenvalue weighted by Gasteiger charge is -2.28. The van der Waals surface area contributed by atoms with Gasteiger partial charge in [-0.15, -0.1) is 0 Å². The molecule has 1 heterocycles. The summed E-state index contributed by atoms with van der Waals surface area (Å²) in [5, 5.41) is 3.06. The maximum atomic E-state index is 12.3. The molecule has 4 nitrogen and oxygen atoms in total. The SMILES string of the molecule is CC(C)(C)c1ccc(OCC(=O)NC[C@@H](c2ccccc2)N2CCCC2)cc1. The fraction of sp³-hybridized carbons (Fsp3) is 0.458. The smallest absolute Gasteiger partial charge is 0.258 e. The second-order valence-corrected chi connectivity index (χ2v) is 8.54. The highest BCUT2D eigenvalue weighted by atomic mass is 16.5. The molecule has 4 heteroatoms. The first-order valence-electron chi connectivity index (χ1n) is 10.2. The predicted octanol–water partition coefficient (Wildman–Crippen LogP) is 4.32. The van der Waals surface area contributed by atoms with Crippen LogP contribution in [0.3, 0.4) is 0 Å². The number of nitrogens with one attached hydrogen (secondary N) is 1. The molecule has 0 bridgehead atoms. The Kier molecular flexibility index (Phi) is 6.74. The highest BCUT2D eigenvalue weighted by Crippen LogP contribution is 2.25. The van der Waals surface area contributed by atoms with E-state index in [9.17, 15) is 4.79 Å². The molecule has 0 radical (unpaired) electrons. The molecule has 0 saturated carbocycles. The van der Waals surface area contributed by atoms with Gasteiger partial charge in [0.05, 0.1) is 6.04 Å². The van der Waals surface area contributed by atoms with E-state index in [-0.39, 0.29) is 24.0 Å². The van der Waals surface area contributed by atoms with Crippen LogP contribution in [0.5, 0.6) is 5.75 Å². The van der Waals surface area contributed by atoms with Crippen molar-refractivity contribution in [2.24, 2.45) is 0 Å². The first kappa shape index (κ1) is 20.4. The molecule has 150 valence electrons. The standard InChI is InChI=1S/C24H32N2O2/c1-24(2,3)20-11-13-21(14-12-20)28-18-23(27)25-17-22(26-15-7-8-16-26)19-9-5-4-6-10-19/h4-6,9-14,22H,7-8,15-18H2,1-3H3,(H,25,27)/t22-/m0/s1. The van der Waals surface area contributed by atoms with Crippen LogP contribution >= 0.6 is 0 Å². The van der Waals surface area contributed by atoms with Crippen LogP contribution in [-0.4, -0.2) is 37.0 Å². The Hall–Kier alpha value is -2.33. The van der Waals surface area contributed by atoms with Gasteiger partial charge in [0.2, 0.25) is 0 Å². The van der Waals surface area contributed by atoms with Gasteiger partial charge in [-0.05, 0) is 54.6 Å². The van der Waals surface area contributed by atoms with Gasteiger partial charge in [-0.25, -0.2) is 0 Å². The number of amides is 1. The first-order chi connectivity index (χ1) is 13.4. The van der Waals surface area contributed by atoms with Gasteiger partial charge in [-0.2, -0.15) is 0 Å². The maximum absolute atomic E-state index is 12.3. The minimum atomic E-state index is -0.0833. The average Bonchev–Trinajstić information content (AvgIpc) is 3.21. The van der Waals surface area contributed by atoms with E-state index >= 15 is 0 Å². The number of rotatable bonds is 7. The van der Waals surface area contributed by atoms with E-state index < -0.39 is 0 Å². The van der Waals surface area contributed by atoms with E-state index in [1.165, 1.54) is 24.0 Å². The van der Waals surface area contributed by atoms with Crippen molar-refractivity contribution < 1.29 is 9.53 Å². The highest BCUT2D eigenvalue weighted by Gasteiger charge is 2.23. The van der Waals surface area contributed by atoms with Crippen molar-refractivity contribution in [1.82, 2.24) is 10.2 Å². The van der Waals surface area contributed by atoms with Crippen LogP contribution in [0.15, 0.2) is 54.6 Å². The quantitative estimate of drug-likeness (QED) is 0.778. The number of benzene rings is 2. The van der Waals surface area contributed by atoms with Crippen molar-refractivity contribution in [2.45, 2.75) is 45.1 Å². The van der Waals surface area contributed by atoms with Gasteiger partial charge in [-0.3, -0.25) is 9.69 Å². The number of nitrogens with zero attached hydrogens (tertiary/aromatic N) is 1. The molecule has 2 aromatic carbocycles. The van der Waals surface area contributed by atoms with E-state index in [1.807, 2.05) is 18.2 Å². The zero-order chi connectivity index (χ0) is 20.0. The fourth-order valence-electron chi connectivity index (χ4n) is 3.65. The van der Waals surface area contributed by atoms with Crippen LogP contribution in [-0.2, 0) is 10.2 Å². The number of carbonyl (C=O) groups is 1. The Morgan fingerprint density at radius 1 is 1.04 bits per heavy atom. The minimum Gasteiger partial charge on any atom is -0.484 e.